The van der Waals surface area contributed by atoms with Crippen molar-refractivity contribution in [1.82, 2.24) is 0 Å². The minimum atomic E-state index is -1.61. The summed E-state index contributed by atoms with van der Waals surface area (Å²) in [7, 11) is 1.35. The fourth-order valence-corrected chi connectivity index (χ4v) is 3.82. The zero-order valence-electron chi connectivity index (χ0n) is 18.3. The number of anilines is 1. The van der Waals surface area contributed by atoms with Gasteiger partial charge in [-0.15, -0.1) is 0 Å². The summed E-state index contributed by atoms with van der Waals surface area (Å²) in [5.41, 5.74) is 1.55. The van der Waals surface area contributed by atoms with Gasteiger partial charge in [0.25, 0.3) is 0 Å². The number of hydrogen-bond acceptors (Lipinski definition) is 9. The standard InChI is InChI=1S/C20H22N2O7.2Na/c1-4-6-10-17-11(7-12-15(23)9-16(20(26)27)29-18(10)12)13(21-28-3)8-14(19(24)25)22(17)5-2;;/h7,9,14H,4-6,8H2,1-3H3,(H,24,25)(H,26,27);;/q;2*+1/p-2. The van der Waals surface area contributed by atoms with Gasteiger partial charge in [-0.1, -0.05) is 18.5 Å². The van der Waals surface area contributed by atoms with Gasteiger partial charge in [-0.2, -0.15) is 0 Å². The van der Waals surface area contributed by atoms with Crippen LogP contribution in [0.1, 0.15) is 48.4 Å². The predicted molar refractivity (Wildman–Crippen MR) is 101 cm³/mol. The Balaban J connectivity index is 0.00000240. The number of aryl methyl sites for hydroxylation is 1. The fourth-order valence-electron chi connectivity index (χ4n) is 3.82. The molecule has 2 heterocycles. The molecule has 0 aliphatic carbocycles. The van der Waals surface area contributed by atoms with E-state index in [1.165, 1.54) is 7.11 Å². The van der Waals surface area contributed by atoms with Gasteiger partial charge in [-0.3, -0.25) is 4.79 Å². The average molecular weight is 446 g/mol. The van der Waals surface area contributed by atoms with E-state index < -0.39 is 29.2 Å². The number of carboxylic acid groups (broad SMARTS) is 2. The van der Waals surface area contributed by atoms with Crippen LogP contribution in [0.15, 0.2) is 26.5 Å². The summed E-state index contributed by atoms with van der Waals surface area (Å²) in [4.78, 5) is 42.2. The molecule has 31 heavy (non-hydrogen) atoms. The molecule has 0 amide bonds. The van der Waals surface area contributed by atoms with Gasteiger partial charge in [0, 0.05) is 30.2 Å². The molecule has 11 heteroatoms. The molecule has 0 N–H and O–H groups in total. The van der Waals surface area contributed by atoms with Gasteiger partial charge in [0.1, 0.15) is 18.7 Å². The van der Waals surface area contributed by atoms with Crippen LogP contribution in [0.2, 0.25) is 0 Å². The second-order valence-corrected chi connectivity index (χ2v) is 6.69. The van der Waals surface area contributed by atoms with Crippen molar-refractivity contribution >= 4 is 34.3 Å². The SMILES string of the molecule is CCCc1c2c(cc3c(=O)cc(C(=O)[O-])oc13)C(=NOC)CC(C(=O)[O-])N2CC.[Na+].[Na+]. The van der Waals surface area contributed by atoms with Crippen molar-refractivity contribution in [1.29, 1.82) is 0 Å². The molecule has 0 saturated heterocycles. The molecule has 1 aliphatic heterocycles. The van der Waals surface area contributed by atoms with Gasteiger partial charge in [0.15, 0.2) is 11.2 Å². The largest absolute Gasteiger partial charge is 1.00 e. The Morgan fingerprint density at radius 2 is 1.94 bits per heavy atom. The molecule has 1 atom stereocenters. The van der Waals surface area contributed by atoms with Crippen molar-refractivity contribution in [2.45, 2.75) is 39.2 Å². The van der Waals surface area contributed by atoms with Crippen LogP contribution in [0.25, 0.3) is 11.0 Å². The van der Waals surface area contributed by atoms with Crippen LogP contribution in [0.4, 0.5) is 5.69 Å². The Kier molecular flexibility index (Phi) is 10.3. The molecular weight excluding hydrogens is 426 g/mol. The van der Waals surface area contributed by atoms with Crippen LogP contribution in [0.5, 0.6) is 0 Å². The van der Waals surface area contributed by atoms with Gasteiger partial charge < -0.3 is 34.0 Å². The number of oxime groups is 1. The first-order valence-corrected chi connectivity index (χ1v) is 9.26. The smallest absolute Gasteiger partial charge is 0.548 e. The topological polar surface area (TPSA) is 135 Å². The molecule has 0 radical (unpaired) electrons. The number of carboxylic acids is 2. The number of benzene rings is 1. The second-order valence-electron chi connectivity index (χ2n) is 6.69. The Morgan fingerprint density at radius 1 is 1.26 bits per heavy atom. The quantitative estimate of drug-likeness (QED) is 0.316. The molecule has 0 bridgehead atoms. The van der Waals surface area contributed by atoms with E-state index in [0.717, 1.165) is 6.07 Å². The van der Waals surface area contributed by atoms with E-state index in [-0.39, 0.29) is 76.5 Å². The number of fused-ring (bicyclic) bond motifs is 2. The number of aromatic carboxylic acids is 1. The fraction of sp³-hybridized carbons (Fsp3) is 0.400. The Hall–Kier alpha value is -1.36. The third-order valence-corrected chi connectivity index (χ3v) is 4.96. The maximum Gasteiger partial charge on any atom is 1.00 e. The van der Waals surface area contributed by atoms with E-state index >= 15 is 0 Å². The van der Waals surface area contributed by atoms with Crippen LogP contribution in [0.3, 0.4) is 0 Å². The summed E-state index contributed by atoms with van der Waals surface area (Å²) in [5, 5.41) is 27.2. The number of carbonyl (C=O) groups excluding carboxylic acids is 2. The first-order valence-electron chi connectivity index (χ1n) is 9.26. The van der Waals surface area contributed by atoms with Gasteiger partial charge in [-0.25, -0.2) is 0 Å². The van der Waals surface area contributed by atoms with Crippen molar-refractivity contribution in [2.24, 2.45) is 5.16 Å². The zero-order valence-corrected chi connectivity index (χ0v) is 22.3. The third kappa shape index (κ3) is 5.18. The molecule has 2 aromatic rings. The maximum absolute atomic E-state index is 12.6. The molecule has 3 rings (SSSR count). The first kappa shape index (κ1) is 27.7. The minimum absolute atomic E-state index is 0. The van der Waals surface area contributed by atoms with E-state index in [0.29, 0.717) is 41.9 Å². The summed E-state index contributed by atoms with van der Waals surface area (Å²) in [6, 6.07) is 1.42. The average Bonchev–Trinajstić information content (AvgIpc) is 2.68. The Labute approximate surface area is 223 Å². The van der Waals surface area contributed by atoms with Gasteiger partial charge in [0.05, 0.1) is 28.8 Å². The molecule has 1 aliphatic rings. The van der Waals surface area contributed by atoms with Crippen molar-refractivity contribution in [3.8, 4) is 0 Å². The van der Waals surface area contributed by atoms with E-state index in [4.69, 9.17) is 9.25 Å². The van der Waals surface area contributed by atoms with E-state index in [9.17, 15) is 24.6 Å². The van der Waals surface area contributed by atoms with Gasteiger partial charge >= 0.3 is 59.1 Å². The molecule has 0 spiro atoms. The van der Waals surface area contributed by atoms with E-state index in [1.807, 2.05) is 6.92 Å². The van der Waals surface area contributed by atoms with Crippen molar-refractivity contribution in [3.05, 3.63) is 39.2 Å². The summed E-state index contributed by atoms with van der Waals surface area (Å²) in [5.74, 6) is -3.46. The predicted octanol–water partition coefficient (Wildman–Crippen LogP) is -6.18. The number of rotatable bonds is 6. The minimum Gasteiger partial charge on any atom is -0.548 e. The number of nitrogens with zero attached hydrogens (tertiary/aromatic N) is 2. The van der Waals surface area contributed by atoms with Gasteiger partial charge in [0.2, 0.25) is 0 Å². The van der Waals surface area contributed by atoms with Crippen LogP contribution in [0, 0.1) is 0 Å². The number of carbonyl (C=O) groups is 2. The van der Waals surface area contributed by atoms with Crippen LogP contribution in [-0.2, 0) is 16.1 Å². The van der Waals surface area contributed by atoms with Crippen molar-refractivity contribution in [3.63, 3.8) is 0 Å². The Morgan fingerprint density at radius 3 is 2.45 bits per heavy atom. The summed E-state index contributed by atoms with van der Waals surface area (Å²) in [6.07, 6.45) is 1.11. The molecule has 1 aromatic carbocycles. The van der Waals surface area contributed by atoms with Crippen LogP contribution < -0.4 is 79.7 Å². The molecule has 9 nitrogen and oxygen atoms in total. The molecule has 1 unspecified atom stereocenters. The molecule has 0 fully saturated rings. The van der Waals surface area contributed by atoms with E-state index in [1.54, 1.807) is 17.9 Å². The van der Waals surface area contributed by atoms with Crippen molar-refractivity contribution < 1.29 is 88.2 Å². The number of aliphatic carboxylic acids is 1. The Bertz CT molecular complexity index is 1080. The number of hydrogen-bond donors (Lipinski definition) is 0. The molecule has 1 aromatic heterocycles. The number of likely N-dealkylation sites (N-methyl/N-ethyl adjacent to an activating group) is 1. The molecule has 154 valence electrons. The van der Waals surface area contributed by atoms with Crippen LogP contribution >= 0.6 is 0 Å². The normalized spacial score (nSPS) is 16.3. The molecular formula is C20H20N2Na2O7. The van der Waals surface area contributed by atoms with Gasteiger partial charge in [-0.05, 0) is 19.4 Å². The summed E-state index contributed by atoms with van der Waals surface area (Å²) in [6.45, 7) is 4.05. The van der Waals surface area contributed by atoms with E-state index in [2.05, 4.69) is 5.16 Å². The van der Waals surface area contributed by atoms with Crippen LogP contribution in [-0.4, -0.2) is 37.3 Å². The summed E-state index contributed by atoms with van der Waals surface area (Å²) < 4.78 is 5.51. The zero-order chi connectivity index (χ0) is 21.3. The monoisotopic (exact) mass is 446 g/mol. The molecule has 0 saturated carbocycles. The summed E-state index contributed by atoms with van der Waals surface area (Å²) >= 11 is 0. The van der Waals surface area contributed by atoms with Crippen molar-refractivity contribution in [2.75, 3.05) is 18.6 Å². The maximum atomic E-state index is 12.6. The third-order valence-electron chi connectivity index (χ3n) is 4.96. The first-order chi connectivity index (χ1) is 13.8. The second kappa shape index (κ2) is 11.5.